The van der Waals surface area contributed by atoms with E-state index >= 15 is 0 Å². The van der Waals surface area contributed by atoms with E-state index in [0.29, 0.717) is 19.6 Å². The first-order chi connectivity index (χ1) is 13.3. The Balaban J connectivity index is 1.52. The molecule has 0 aromatic heterocycles. The molecule has 1 amide bonds. The Morgan fingerprint density at radius 2 is 1.30 bits per heavy atom. The maximum Gasteiger partial charge on any atom is 0.239 e. The largest absolute Gasteiger partial charge is 0.358 e. The Hall–Kier alpha value is -3.07. The molecule has 0 aliphatic carbocycles. The van der Waals surface area contributed by atoms with Crippen LogP contribution in [0.4, 0.5) is 5.69 Å². The Kier molecular flexibility index (Phi) is 7.05. The van der Waals surface area contributed by atoms with Crippen LogP contribution < -0.4 is 10.2 Å². The quantitative estimate of drug-likeness (QED) is 0.574. The van der Waals surface area contributed by atoms with Gasteiger partial charge in [-0.2, -0.15) is 0 Å². The van der Waals surface area contributed by atoms with Gasteiger partial charge in [-0.1, -0.05) is 78.9 Å². The lowest BCUT2D eigenvalue weighted by molar-refractivity contribution is -0.119. The van der Waals surface area contributed by atoms with E-state index in [-0.39, 0.29) is 5.91 Å². The van der Waals surface area contributed by atoms with Crippen molar-refractivity contribution in [3.05, 3.63) is 102 Å². The number of nitrogens with zero attached hydrogens (tertiary/aromatic N) is 1. The van der Waals surface area contributed by atoms with Crippen LogP contribution in [0.25, 0.3) is 0 Å². The fourth-order valence-electron chi connectivity index (χ4n) is 3.08. The monoisotopic (exact) mass is 358 g/mol. The number of carbonyl (C=O) groups is 1. The summed E-state index contributed by atoms with van der Waals surface area (Å²) in [6.45, 7) is 1.76. The number of aryl methyl sites for hydroxylation is 1. The van der Waals surface area contributed by atoms with Crippen LogP contribution in [0.3, 0.4) is 0 Å². The highest BCUT2D eigenvalue weighted by molar-refractivity contribution is 5.81. The van der Waals surface area contributed by atoms with Crippen LogP contribution in [-0.4, -0.2) is 19.0 Å². The lowest BCUT2D eigenvalue weighted by Gasteiger charge is -2.24. The predicted molar refractivity (Wildman–Crippen MR) is 112 cm³/mol. The average Bonchev–Trinajstić information content (AvgIpc) is 2.73. The molecule has 3 aromatic rings. The molecule has 3 heteroatoms. The van der Waals surface area contributed by atoms with Crippen molar-refractivity contribution < 1.29 is 4.79 Å². The molecule has 3 rings (SSSR count). The van der Waals surface area contributed by atoms with E-state index in [4.69, 9.17) is 0 Å². The number of hydrogen-bond acceptors (Lipinski definition) is 2. The standard InChI is InChI=1S/C24H26N2O/c27-24(25-18-10-15-21-11-4-1-5-12-21)20-26(23-16-8-3-9-17-23)19-22-13-6-2-7-14-22/h1-9,11-14,16-17H,10,15,18-20H2,(H,25,27). The highest BCUT2D eigenvalue weighted by atomic mass is 16.2. The lowest BCUT2D eigenvalue weighted by Crippen LogP contribution is -2.37. The fourth-order valence-corrected chi connectivity index (χ4v) is 3.08. The molecule has 3 nitrogen and oxygen atoms in total. The highest BCUT2D eigenvalue weighted by Gasteiger charge is 2.12. The molecular formula is C24H26N2O. The summed E-state index contributed by atoms with van der Waals surface area (Å²) in [7, 11) is 0. The minimum atomic E-state index is 0.0582. The molecule has 1 N–H and O–H groups in total. The fraction of sp³-hybridized carbons (Fsp3) is 0.208. The van der Waals surface area contributed by atoms with Gasteiger partial charge in [0.1, 0.15) is 0 Å². The van der Waals surface area contributed by atoms with E-state index in [2.05, 4.69) is 46.6 Å². The number of rotatable bonds is 9. The summed E-state index contributed by atoms with van der Waals surface area (Å²) in [5, 5.41) is 3.06. The number of amides is 1. The molecule has 0 aliphatic rings. The number of nitrogens with one attached hydrogen (secondary N) is 1. The minimum Gasteiger partial charge on any atom is -0.358 e. The van der Waals surface area contributed by atoms with Gasteiger partial charge in [0.05, 0.1) is 6.54 Å². The maximum atomic E-state index is 12.5. The van der Waals surface area contributed by atoms with E-state index in [1.54, 1.807) is 0 Å². The highest BCUT2D eigenvalue weighted by Crippen LogP contribution is 2.16. The first kappa shape index (κ1) is 18.7. The van der Waals surface area contributed by atoms with Gasteiger partial charge in [-0.05, 0) is 36.1 Å². The third-order valence-electron chi connectivity index (χ3n) is 4.48. The van der Waals surface area contributed by atoms with Crippen LogP contribution in [0, 0.1) is 0 Å². The van der Waals surface area contributed by atoms with Crippen molar-refractivity contribution in [1.29, 1.82) is 0 Å². The average molecular weight is 358 g/mol. The Morgan fingerprint density at radius 3 is 1.93 bits per heavy atom. The van der Waals surface area contributed by atoms with Gasteiger partial charge >= 0.3 is 0 Å². The smallest absolute Gasteiger partial charge is 0.239 e. The normalized spacial score (nSPS) is 10.4. The summed E-state index contributed by atoms with van der Waals surface area (Å²) in [5.41, 5.74) is 3.56. The molecule has 27 heavy (non-hydrogen) atoms. The van der Waals surface area contributed by atoms with Crippen molar-refractivity contribution in [2.45, 2.75) is 19.4 Å². The van der Waals surface area contributed by atoms with E-state index < -0.39 is 0 Å². The summed E-state index contributed by atoms with van der Waals surface area (Å²) >= 11 is 0. The molecule has 0 bridgehead atoms. The molecule has 0 aliphatic heterocycles. The van der Waals surface area contributed by atoms with E-state index in [1.807, 2.05) is 54.6 Å². The van der Waals surface area contributed by atoms with Gasteiger partial charge in [-0.3, -0.25) is 4.79 Å². The van der Waals surface area contributed by atoms with Gasteiger partial charge in [0, 0.05) is 18.8 Å². The van der Waals surface area contributed by atoms with Gasteiger partial charge in [0.2, 0.25) is 5.91 Å². The van der Waals surface area contributed by atoms with Gasteiger partial charge < -0.3 is 10.2 Å². The predicted octanol–water partition coefficient (Wildman–Crippen LogP) is 4.44. The summed E-state index contributed by atoms with van der Waals surface area (Å²) in [5.74, 6) is 0.0582. The van der Waals surface area contributed by atoms with Gasteiger partial charge in [0.15, 0.2) is 0 Å². The maximum absolute atomic E-state index is 12.5. The van der Waals surface area contributed by atoms with E-state index in [0.717, 1.165) is 18.5 Å². The number of para-hydroxylation sites is 1. The molecule has 138 valence electrons. The number of anilines is 1. The minimum absolute atomic E-state index is 0.0582. The number of benzene rings is 3. The van der Waals surface area contributed by atoms with Crippen LogP contribution in [0.1, 0.15) is 17.5 Å². The van der Waals surface area contributed by atoms with Crippen LogP contribution in [0.2, 0.25) is 0 Å². The zero-order valence-corrected chi connectivity index (χ0v) is 15.6. The van der Waals surface area contributed by atoms with Crippen molar-refractivity contribution in [1.82, 2.24) is 5.32 Å². The Bertz CT molecular complexity index is 804. The van der Waals surface area contributed by atoms with Crippen LogP contribution in [0.5, 0.6) is 0 Å². The van der Waals surface area contributed by atoms with Gasteiger partial charge in [-0.15, -0.1) is 0 Å². The third-order valence-corrected chi connectivity index (χ3v) is 4.48. The zero-order chi connectivity index (χ0) is 18.7. The van der Waals surface area contributed by atoms with Gasteiger partial charge in [0.25, 0.3) is 0 Å². The molecule has 0 heterocycles. The van der Waals surface area contributed by atoms with E-state index in [1.165, 1.54) is 11.1 Å². The summed E-state index contributed by atoms with van der Waals surface area (Å²) in [6, 6.07) is 30.7. The molecule has 0 spiro atoms. The second-order valence-electron chi connectivity index (χ2n) is 6.62. The van der Waals surface area contributed by atoms with Crippen molar-refractivity contribution in [3.63, 3.8) is 0 Å². The molecular weight excluding hydrogens is 332 g/mol. The summed E-state index contributed by atoms with van der Waals surface area (Å²) in [6.07, 6.45) is 1.92. The number of carbonyl (C=O) groups excluding carboxylic acids is 1. The van der Waals surface area contributed by atoms with Crippen LogP contribution in [0.15, 0.2) is 91.0 Å². The summed E-state index contributed by atoms with van der Waals surface area (Å²) in [4.78, 5) is 14.6. The SMILES string of the molecule is O=C(CN(Cc1ccccc1)c1ccccc1)NCCCc1ccccc1. The van der Waals surface area contributed by atoms with Crippen molar-refractivity contribution in [3.8, 4) is 0 Å². The van der Waals surface area contributed by atoms with Gasteiger partial charge in [-0.25, -0.2) is 0 Å². The van der Waals surface area contributed by atoms with Crippen LogP contribution >= 0.6 is 0 Å². The first-order valence-corrected chi connectivity index (χ1v) is 9.46. The van der Waals surface area contributed by atoms with E-state index in [9.17, 15) is 4.79 Å². The molecule has 3 aromatic carbocycles. The first-order valence-electron chi connectivity index (χ1n) is 9.46. The zero-order valence-electron chi connectivity index (χ0n) is 15.6. The lowest BCUT2D eigenvalue weighted by atomic mass is 10.1. The third kappa shape index (κ3) is 6.30. The molecule has 0 unspecified atom stereocenters. The summed E-state index contributed by atoms with van der Waals surface area (Å²) < 4.78 is 0. The van der Waals surface area contributed by atoms with Crippen molar-refractivity contribution in [2.24, 2.45) is 0 Å². The Labute approximate surface area is 161 Å². The molecule has 0 radical (unpaired) electrons. The molecule has 0 saturated heterocycles. The molecule has 0 saturated carbocycles. The number of hydrogen-bond donors (Lipinski definition) is 1. The topological polar surface area (TPSA) is 32.3 Å². The molecule has 0 fully saturated rings. The molecule has 0 atom stereocenters. The Morgan fingerprint density at radius 1 is 0.741 bits per heavy atom. The second-order valence-corrected chi connectivity index (χ2v) is 6.62. The second kappa shape index (κ2) is 10.2. The van der Waals surface area contributed by atoms with Crippen LogP contribution in [-0.2, 0) is 17.8 Å². The van der Waals surface area contributed by atoms with Crippen molar-refractivity contribution in [2.75, 3.05) is 18.0 Å². The van der Waals surface area contributed by atoms with Crippen molar-refractivity contribution >= 4 is 11.6 Å².